The number of amides is 1. The van der Waals surface area contributed by atoms with Gasteiger partial charge >= 0.3 is 12.1 Å². The number of rotatable bonds is 6. The average molecular weight is 575 g/mol. The Hall–Kier alpha value is -2.33. The maximum Gasteiger partial charge on any atom is 0.433 e. The quantitative estimate of drug-likeness (QED) is 0.423. The lowest BCUT2D eigenvalue weighted by molar-refractivity contribution is -0.152. The first-order chi connectivity index (χ1) is 17.7. The number of alkyl halides is 3. The molecule has 1 saturated carbocycles. The van der Waals surface area contributed by atoms with Gasteiger partial charge < -0.3 is 10.0 Å². The largest absolute Gasteiger partial charge is 0.481 e. The van der Waals surface area contributed by atoms with Crippen LogP contribution in [0.5, 0.6) is 0 Å². The minimum atomic E-state index is -4.82. The predicted octanol–water partition coefficient (Wildman–Crippen LogP) is 6.54. The molecule has 0 bridgehead atoms. The zero-order valence-corrected chi connectivity index (χ0v) is 22.9. The second kappa shape index (κ2) is 10.7. The van der Waals surface area contributed by atoms with Gasteiger partial charge in [-0.15, -0.1) is 0 Å². The van der Waals surface area contributed by atoms with E-state index >= 15 is 0 Å². The van der Waals surface area contributed by atoms with Gasteiger partial charge in [0.1, 0.15) is 0 Å². The molecule has 2 fully saturated rings. The zero-order chi connectivity index (χ0) is 28.0. The second-order valence-corrected chi connectivity index (χ2v) is 11.9. The van der Waals surface area contributed by atoms with Crippen LogP contribution >= 0.6 is 23.2 Å². The minimum absolute atomic E-state index is 0.0970. The monoisotopic (exact) mass is 574 g/mol. The Morgan fingerprint density at radius 3 is 2.29 bits per heavy atom. The van der Waals surface area contributed by atoms with Crippen LogP contribution in [-0.4, -0.2) is 49.2 Å². The van der Waals surface area contributed by atoms with Gasteiger partial charge in [0.2, 0.25) is 0 Å². The lowest BCUT2D eigenvalue weighted by atomic mass is 9.74. The lowest BCUT2D eigenvalue weighted by Crippen LogP contribution is -2.38. The van der Waals surface area contributed by atoms with Gasteiger partial charge in [-0.2, -0.15) is 18.3 Å². The molecule has 38 heavy (non-hydrogen) atoms. The number of carbonyl (C=O) groups excluding carboxylic acids is 1. The molecule has 0 unspecified atom stereocenters. The summed E-state index contributed by atoms with van der Waals surface area (Å²) >= 11 is 12.6. The van der Waals surface area contributed by atoms with Crippen molar-refractivity contribution in [1.82, 2.24) is 19.7 Å². The highest BCUT2D eigenvalue weighted by Gasteiger charge is 2.46. The number of halogens is 5. The van der Waals surface area contributed by atoms with E-state index in [-0.39, 0.29) is 37.5 Å². The summed E-state index contributed by atoms with van der Waals surface area (Å²) < 4.78 is 44.1. The normalized spacial score (nSPS) is 26.2. The molecule has 2 aliphatic rings. The van der Waals surface area contributed by atoms with Crippen LogP contribution < -0.4 is 0 Å². The molecule has 1 amide bonds. The van der Waals surface area contributed by atoms with E-state index in [0.717, 1.165) is 10.9 Å². The number of carbonyl (C=O) groups is 2. The third-order valence-electron chi connectivity index (χ3n) is 8.26. The summed E-state index contributed by atoms with van der Waals surface area (Å²) in [6.07, 6.45) is 0.886. The Bertz CT molecular complexity index is 1190. The Kier molecular flexibility index (Phi) is 8.06. The van der Waals surface area contributed by atoms with E-state index in [1.54, 1.807) is 6.92 Å². The SMILES string of the molecule is CC(C)[C@@H]1C[C@H](Cc2c(Cl)cncc2Cl)N(C(=O)c2cnn(C3CCC(C)(C(=O)O)CC3)c2C(F)(F)F)C1. The second-order valence-electron chi connectivity index (χ2n) is 11.1. The highest BCUT2D eigenvalue weighted by Crippen LogP contribution is 2.44. The summed E-state index contributed by atoms with van der Waals surface area (Å²) in [4.78, 5) is 30.8. The van der Waals surface area contributed by atoms with Crippen molar-refractivity contribution < 1.29 is 27.9 Å². The maximum atomic E-state index is 14.4. The first-order valence-corrected chi connectivity index (χ1v) is 13.5. The Labute approximate surface area is 229 Å². The zero-order valence-electron chi connectivity index (χ0n) is 21.4. The summed E-state index contributed by atoms with van der Waals surface area (Å²) in [7, 11) is 0. The summed E-state index contributed by atoms with van der Waals surface area (Å²) in [6.45, 7) is 5.96. The number of pyridine rings is 1. The predicted molar refractivity (Wildman–Crippen MR) is 136 cm³/mol. The van der Waals surface area contributed by atoms with Gasteiger partial charge in [0.05, 0.1) is 33.3 Å². The van der Waals surface area contributed by atoms with Crippen molar-refractivity contribution in [2.24, 2.45) is 17.3 Å². The van der Waals surface area contributed by atoms with Crippen LogP contribution in [0.25, 0.3) is 0 Å². The van der Waals surface area contributed by atoms with Crippen LogP contribution in [0.4, 0.5) is 13.2 Å². The van der Waals surface area contributed by atoms with Crippen LogP contribution in [-0.2, 0) is 17.4 Å². The van der Waals surface area contributed by atoms with E-state index in [0.29, 0.717) is 35.0 Å². The molecule has 4 rings (SSSR count). The molecule has 7 nitrogen and oxygen atoms in total. The number of hydrogen-bond donors (Lipinski definition) is 1. The standard InChI is InChI=1S/C26H31Cl2F3N4O3/c1-14(2)15-8-17(9-18-20(27)11-32-12-21(18)28)34(13-15)23(36)19-10-33-35(22(19)26(29,30)31)16-4-6-25(3,7-5-16)24(37)38/h10-12,14-17H,4-9,13H2,1-3H3,(H,37,38)/t15-,16?,17-,25?/m1/s1. The molecule has 1 N–H and O–H groups in total. The van der Waals surface area contributed by atoms with Gasteiger partial charge in [-0.05, 0) is 62.8 Å². The third-order valence-corrected chi connectivity index (χ3v) is 8.91. The van der Waals surface area contributed by atoms with Gasteiger partial charge in [0.25, 0.3) is 5.91 Å². The molecule has 3 heterocycles. The van der Waals surface area contributed by atoms with Crippen LogP contribution in [0.1, 0.15) is 80.5 Å². The summed E-state index contributed by atoms with van der Waals surface area (Å²) in [5, 5.41) is 14.2. The van der Waals surface area contributed by atoms with Crippen LogP contribution in [0.15, 0.2) is 18.6 Å². The van der Waals surface area contributed by atoms with E-state index in [2.05, 4.69) is 10.1 Å². The maximum absolute atomic E-state index is 14.4. The van der Waals surface area contributed by atoms with Crippen molar-refractivity contribution in [3.63, 3.8) is 0 Å². The number of aromatic nitrogens is 3. The average Bonchev–Trinajstić information content (AvgIpc) is 3.47. The highest BCUT2D eigenvalue weighted by molar-refractivity contribution is 6.35. The van der Waals surface area contributed by atoms with Crippen LogP contribution in [0, 0.1) is 17.3 Å². The Morgan fingerprint density at radius 1 is 1.16 bits per heavy atom. The molecule has 2 atom stereocenters. The molecule has 208 valence electrons. The number of aliphatic carboxylic acids is 1. The third kappa shape index (κ3) is 5.52. The molecular formula is C26H31Cl2F3N4O3. The Morgan fingerprint density at radius 2 is 1.76 bits per heavy atom. The summed E-state index contributed by atoms with van der Waals surface area (Å²) in [5.41, 5.74) is -1.96. The van der Waals surface area contributed by atoms with Crippen molar-refractivity contribution in [2.75, 3.05) is 6.54 Å². The number of nitrogens with zero attached hydrogens (tertiary/aromatic N) is 4. The van der Waals surface area contributed by atoms with Gasteiger partial charge in [0.15, 0.2) is 5.69 Å². The first-order valence-electron chi connectivity index (χ1n) is 12.7. The van der Waals surface area contributed by atoms with Crippen LogP contribution in [0.3, 0.4) is 0 Å². The Balaban J connectivity index is 1.66. The molecular weight excluding hydrogens is 544 g/mol. The molecule has 0 radical (unpaired) electrons. The number of carboxylic acids is 1. The fraction of sp³-hybridized carbons (Fsp3) is 0.615. The molecule has 2 aromatic rings. The summed E-state index contributed by atoms with van der Waals surface area (Å²) in [6, 6.07) is -1.05. The fourth-order valence-electron chi connectivity index (χ4n) is 5.68. The highest BCUT2D eigenvalue weighted by atomic mass is 35.5. The topological polar surface area (TPSA) is 88.3 Å². The van der Waals surface area contributed by atoms with E-state index in [9.17, 15) is 27.9 Å². The van der Waals surface area contributed by atoms with Gasteiger partial charge in [-0.1, -0.05) is 37.0 Å². The van der Waals surface area contributed by atoms with Gasteiger partial charge in [0, 0.05) is 25.0 Å². The molecule has 1 aliphatic carbocycles. The van der Waals surface area contributed by atoms with E-state index < -0.39 is 46.8 Å². The number of likely N-dealkylation sites (tertiary alicyclic amines) is 1. The smallest absolute Gasteiger partial charge is 0.433 e. The van der Waals surface area contributed by atoms with Crippen molar-refractivity contribution >= 4 is 35.1 Å². The van der Waals surface area contributed by atoms with Crippen molar-refractivity contribution in [2.45, 2.75) is 77.6 Å². The molecule has 0 aromatic carbocycles. The van der Waals surface area contributed by atoms with Crippen molar-refractivity contribution in [3.05, 3.63) is 45.5 Å². The fourth-order valence-corrected chi connectivity index (χ4v) is 6.20. The molecule has 2 aromatic heterocycles. The number of carboxylic acid groups (broad SMARTS) is 1. The minimum Gasteiger partial charge on any atom is -0.481 e. The molecule has 1 saturated heterocycles. The van der Waals surface area contributed by atoms with Gasteiger partial charge in [-0.3, -0.25) is 19.3 Å². The first kappa shape index (κ1) is 28.7. The van der Waals surface area contributed by atoms with E-state index in [4.69, 9.17) is 23.2 Å². The van der Waals surface area contributed by atoms with Crippen LogP contribution in [0.2, 0.25) is 10.0 Å². The summed E-state index contributed by atoms with van der Waals surface area (Å²) in [5.74, 6) is -1.38. The van der Waals surface area contributed by atoms with E-state index in [1.165, 1.54) is 17.3 Å². The number of hydrogen-bond acceptors (Lipinski definition) is 4. The van der Waals surface area contributed by atoms with Crippen molar-refractivity contribution in [1.29, 1.82) is 0 Å². The lowest BCUT2D eigenvalue weighted by Gasteiger charge is -2.34. The molecule has 0 spiro atoms. The van der Waals surface area contributed by atoms with Crippen molar-refractivity contribution in [3.8, 4) is 0 Å². The van der Waals surface area contributed by atoms with Gasteiger partial charge in [-0.25, -0.2) is 0 Å². The molecule has 1 aliphatic heterocycles. The van der Waals surface area contributed by atoms with E-state index in [1.807, 2.05) is 13.8 Å². The molecule has 12 heteroatoms.